The zero-order chi connectivity index (χ0) is 17.1. The van der Waals surface area contributed by atoms with Crippen molar-refractivity contribution in [3.05, 3.63) is 64.7 Å². The van der Waals surface area contributed by atoms with Gasteiger partial charge in [0, 0.05) is 25.3 Å². The average Bonchev–Trinajstić information content (AvgIpc) is 2.95. The van der Waals surface area contributed by atoms with Gasteiger partial charge in [0.05, 0.1) is 6.21 Å². The second-order valence-corrected chi connectivity index (χ2v) is 5.79. The number of hydrogen-bond acceptors (Lipinski definition) is 4. The molecule has 0 aliphatic rings. The van der Waals surface area contributed by atoms with Gasteiger partial charge in [-0.25, -0.2) is 9.49 Å². The van der Waals surface area contributed by atoms with Gasteiger partial charge in [-0.15, -0.1) is 0 Å². The van der Waals surface area contributed by atoms with E-state index in [0.717, 1.165) is 16.8 Å². The fourth-order valence-electron chi connectivity index (χ4n) is 2.17. The van der Waals surface area contributed by atoms with Gasteiger partial charge in [-0.1, -0.05) is 12.1 Å². The monoisotopic (exact) mass is 341 g/mol. The molecule has 1 N–H and O–H groups in total. The maximum absolute atomic E-state index is 13.1. The average molecular weight is 341 g/mol. The normalized spacial score (nSPS) is 11.1. The van der Waals surface area contributed by atoms with E-state index in [1.807, 2.05) is 43.3 Å². The van der Waals surface area contributed by atoms with Crippen LogP contribution >= 0.6 is 12.2 Å². The highest BCUT2D eigenvalue weighted by Crippen LogP contribution is 2.18. The molecule has 24 heavy (non-hydrogen) atoms. The molecule has 7 heteroatoms. The molecular weight excluding hydrogens is 325 g/mol. The van der Waals surface area contributed by atoms with Crippen LogP contribution < -0.4 is 4.90 Å². The van der Waals surface area contributed by atoms with Crippen molar-refractivity contribution >= 4 is 24.1 Å². The summed E-state index contributed by atoms with van der Waals surface area (Å²) in [5, 5.41) is 11.3. The van der Waals surface area contributed by atoms with Crippen LogP contribution in [0.15, 0.2) is 53.6 Å². The van der Waals surface area contributed by atoms with Gasteiger partial charge < -0.3 is 4.90 Å². The first kappa shape index (κ1) is 16.1. The molecule has 0 spiro atoms. The van der Waals surface area contributed by atoms with Gasteiger partial charge in [-0.2, -0.15) is 14.9 Å². The molecule has 0 aliphatic carbocycles. The lowest BCUT2D eigenvalue weighted by Crippen LogP contribution is -2.08. The second-order valence-electron chi connectivity index (χ2n) is 5.40. The second kappa shape index (κ2) is 6.76. The lowest BCUT2D eigenvalue weighted by Gasteiger charge is -2.11. The number of benzene rings is 2. The Morgan fingerprint density at radius 1 is 1.12 bits per heavy atom. The molecule has 3 aromatic rings. The number of hydrogen-bond donors (Lipinski definition) is 1. The standard InChI is InChI=1S/C17H16FN5S/c1-22(2)15-9-3-12(4-10-15)11-19-23-16(20-21-17(23)24)13-5-7-14(18)8-6-13/h3-11H,1-2H3,(H,21,24)/b19-11+. The van der Waals surface area contributed by atoms with Crippen LogP contribution in [0.3, 0.4) is 0 Å². The highest BCUT2D eigenvalue weighted by Gasteiger charge is 2.08. The van der Waals surface area contributed by atoms with Gasteiger partial charge in [0.2, 0.25) is 4.77 Å². The third-order valence-electron chi connectivity index (χ3n) is 3.48. The van der Waals surface area contributed by atoms with Crippen LogP contribution in [0.2, 0.25) is 0 Å². The van der Waals surface area contributed by atoms with Crippen molar-refractivity contribution in [2.24, 2.45) is 5.10 Å². The fraction of sp³-hybridized carbons (Fsp3) is 0.118. The van der Waals surface area contributed by atoms with Gasteiger partial charge >= 0.3 is 0 Å². The molecule has 0 fully saturated rings. The molecule has 0 atom stereocenters. The van der Waals surface area contributed by atoms with E-state index in [-0.39, 0.29) is 5.82 Å². The van der Waals surface area contributed by atoms with Crippen LogP contribution in [-0.2, 0) is 0 Å². The lowest BCUT2D eigenvalue weighted by atomic mass is 10.2. The zero-order valence-corrected chi connectivity index (χ0v) is 14.1. The molecule has 2 aromatic carbocycles. The Bertz CT molecular complexity index is 907. The molecule has 0 amide bonds. The Morgan fingerprint density at radius 3 is 2.42 bits per heavy atom. The highest BCUT2D eigenvalue weighted by atomic mass is 32.1. The highest BCUT2D eigenvalue weighted by molar-refractivity contribution is 7.71. The first-order valence-corrected chi connectivity index (χ1v) is 7.70. The minimum absolute atomic E-state index is 0.302. The van der Waals surface area contributed by atoms with Crippen molar-refractivity contribution in [2.75, 3.05) is 19.0 Å². The number of aromatic amines is 1. The van der Waals surface area contributed by atoms with Crippen molar-refractivity contribution in [2.45, 2.75) is 0 Å². The molecule has 0 saturated heterocycles. The summed E-state index contributed by atoms with van der Waals surface area (Å²) in [4.78, 5) is 2.03. The van der Waals surface area contributed by atoms with E-state index in [1.165, 1.54) is 16.8 Å². The molecule has 1 heterocycles. The SMILES string of the molecule is CN(C)c1ccc(/C=N/n2c(-c3ccc(F)cc3)n[nH]c2=S)cc1. The van der Waals surface area contributed by atoms with Crippen molar-refractivity contribution in [1.29, 1.82) is 0 Å². The molecule has 1 aromatic heterocycles. The number of halogens is 1. The molecular formula is C17H16FN5S. The first-order chi connectivity index (χ1) is 11.5. The molecule has 0 saturated carbocycles. The molecule has 122 valence electrons. The third kappa shape index (κ3) is 3.41. The quantitative estimate of drug-likeness (QED) is 0.581. The number of nitrogens with zero attached hydrogens (tertiary/aromatic N) is 4. The Morgan fingerprint density at radius 2 is 1.79 bits per heavy atom. The number of anilines is 1. The molecule has 0 bridgehead atoms. The summed E-state index contributed by atoms with van der Waals surface area (Å²) in [5.74, 6) is 0.227. The summed E-state index contributed by atoms with van der Waals surface area (Å²) in [6.45, 7) is 0. The summed E-state index contributed by atoms with van der Waals surface area (Å²) >= 11 is 5.22. The summed E-state index contributed by atoms with van der Waals surface area (Å²) in [6.07, 6.45) is 1.71. The van der Waals surface area contributed by atoms with Crippen LogP contribution in [0.4, 0.5) is 10.1 Å². The van der Waals surface area contributed by atoms with Gasteiger partial charge in [0.25, 0.3) is 0 Å². The Labute approximate surface area is 144 Å². The molecule has 0 aliphatic heterocycles. The number of rotatable bonds is 4. The summed E-state index contributed by atoms with van der Waals surface area (Å²) < 4.78 is 15.0. The van der Waals surface area contributed by atoms with E-state index in [0.29, 0.717) is 10.6 Å². The largest absolute Gasteiger partial charge is 0.378 e. The minimum Gasteiger partial charge on any atom is -0.378 e. The van der Waals surface area contributed by atoms with E-state index in [9.17, 15) is 4.39 Å². The topological polar surface area (TPSA) is 49.2 Å². The van der Waals surface area contributed by atoms with Gasteiger partial charge in [0.15, 0.2) is 5.82 Å². The van der Waals surface area contributed by atoms with E-state index >= 15 is 0 Å². The predicted octanol–water partition coefficient (Wildman–Crippen LogP) is 3.69. The van der Waals surface area contributed by atoms with Crippen molar-refractivity contribution < 1.29 is 4.39 Å². The lowest BCUT2D eigenvalue weighted by molar-refractivity contribution is 0.628. The Hall–Kier alpha value is -2.80. The first-order valence-electron chi connectivity index (χ1n) is 7.30. The molecule has 0 unspecified atom stereocenters. The van der Waals surface area contributed by atoms with Crippen molar-refractivity contribution in [3.63, 3.8) is 0 Å². The fourth-order valence-corrected chi connectivity index (χ4v) is 2.35. The van der Waals surface area contributed by atoms with Gasteiger partial charge in [-0.05, 0) is 54.2 Å². The van der Waals surface area contributed by atoms with Gasteiger partial charge in [-0.3, -0.25) is 0 Å². The minimum atomic E-state index is -0.302. The van der Waals surface area contributed by atoms with Crippen molar-refractivity contribution in [3.8, 4) is 11.4 Å². The zero-order valence-electron chi connectivity index (χ0n) is 13.3. The number of nitrogens with one attached hydrogen (secondary N) is 1. The number of aromatic nitrogens is 3. The summed E-state index contributed by atoms with van der Waals surface area (Å²) in [7, 11) is 3.98. The van der Waals surface area contributed by atoms with Crippen molar-refractivity contribution in [1.82, 2.24) is 14.9 Å². The summed E-state index contributed by atoms with van der Waals surface area (Å²) in [5.41, 5.74) is 2.77. The van der Waals surface area contributed by atoms with Crippen LogP contribution in [-0.4, -0.2) is 35.2 Å². The molecule has 0 radical (unpaired) electrons. The summed E-state index contributed by atoms with van der Waals surface area (Å²) in [6, 6.07) is 14.0. The smallest absolute Gasteiger partial charge is 0.216 e. The van der Waals surface area contributed by atoms with Crippen LogP contribution in [0.5, 0.6) is 0 Å². The Kier molecular flexibility index (Phi) is 4.52. The van der Waals surface area contributed by atoms with Gasteiger partial charge in [0.1, 0.15) is 5.82 Å². The Balaban J connectivity index is 1.91. The van der Waals surface area contributed by atoms with E-state index in [2.05, 4.69) is 15.3 Å². The predicted molar refractivity (Wildman–Crippen MR) is 96.6 cm³/mol. The number of H-pyrrole nitrogens is 1. The van der Waals surface area contributed by atoms with Crippen LogP contribution in [0, 0.1) is 10.6 Å². The maximum Gasteiger partial charge on any atom is 0.216 e. The molecule has 3 rings (SSSR count). The molecule has 5 nitrogen and oxygen atoms in total. The van der Waals surface area contributed by atoms with Crippen LogP contribution in [0.25, 0.3) is 11.4 Å². The van der Waals surface area contributed by atoms with Crippen LogP contribution in [0.1, 0.15) is 5.56 Å². The maximum atomic E-state index is 13.1. The third-order valence-corrected chi connectivity index (χ3v) is 3.75. The van der Waals surface area contributed by atoms with E-state index in [1.54, 1.807) is 18.3 Å². The van der Waals surface area contributed by atoms with E-state index < -0.39 is 0 Å². The van der Waals surface area contributed by atoms with E-state index in [4.69, 9.17) is 12.2 Å².